The number of carbonyl (C=O) groups is 1. The van der Waals surface area contributed by atoms with Gasteiger partial charge < -0.3 is 5.32 Å². The van der Waals surface area contributed by atoms with Gasteiger partial charge in [0.1, 0.15) is 0 Å². The first-order chi connectivity index (χ1) is 15.1. The zero-order valence-electron chi connectivity index (χ0n) is 21.3. The summed E-state index contributed by atoms with van der Waals surface area (Å²) in [7, 11) is 0. The maximum absolute atomic E-state index is 12.4. The van der Waals surface area contributed by atoms with Gasteiger partial charge in [-0.2, -0.15) is 0 Å². The lowest BCUT2D eigenvalue weighted by Crippen LogP contribution is -2.53. The molecule has 0 saturated heterocycles. The normalized spacial score (nSPS) is 42.5. The Balaban J connectivity index is 1.42. The highest BCUT2D eigenvalue weighted by Crippen LogP contribution is 2.68. The van der Waals surface area contributed by atoms with E-state index in [1.54, 1.807) is 0 Å². The van der Waals surface area contributed by atoms with E-state index in [4.69, 9.17) is 5.84 Å². The highest BCUT2D eigenvalue weighted by atomic mass is 32.2. The smallest absolute Gasteiger partial charge is 0.233 e. The second-order valence-electron chi connectivity index (χ2n) is 12.9. The summed E-state index contributed by atoms with van der Waals surface area (Å²) in [4.78, 5) is 12.4. The molecule has 4 fully saturated rings. The van der Waals surface area contributed by atoms with Gasteiger partial charge in [-0.05, 0) is 105 Å². The average Bonchev–Trinajstić information content (AvgIpc) is 3.06. The molecule has 0 aromatic carbocycles. The van der Waals surface area contributed by atoms with Crippen molar-refractivity contribution in [2.24, 2.45) is 46.3 Å². The van der Waals surface area contributed by atoms with Crippen molar-refractivity contribution in [1.29, 1.82) is 0 Å². The van der Waals surface area contributed by atoms with E-state index in [0.29, 0.717) is 17.5 Å². The molecule has 0 aromatic heterocycles. The highest BCUT2D eigenvalue weighted by Gasteiger charge is 2.59. The summed E-state index contributed by atoms with van der Waals surface area (Å²) in [6.45, 7) is 12.4. The Labute approximate surface area is 201 Å². The zero-order valence-corrected chi connectivity index (χ0v) is 22.2. The summed E-state index contributed by atoms with van der Waals surface area (Å²) in [5, 5.41) is 2.81. The molecule has 1 amide bonds. The molecular formula is C27H49N3OS. The molecule has 0 bridgehead atoms. The predicted molar refractivity (Wildman–Crippen MR) is 136 cm³/mol. The first-order valence-corrected chi connectivity index (χ1v) is 14.4. The van der Waals surface area contributed by atoms with E-state index in [1.165, 1.54) is 70.6 Å². The van der Waals surface area contributed by atoms with E-state index in [1.807, 2.05) is 18.7 Å². The van der Waals surface area contributed by atoms with E-state index in [2.05, 4.69) is 38.4 Å². The van der Waals surface area contributed by atoms with E-state index in [0.717, 1.165) is 29.6 Å². The summed E-state index contributed by atoms with van der Waals surface area (Å²) < 4.78 is 0.110. The zero-order chi connectivity index (χ0) is 23.1. The molecule has 0 heterocycles. The molecule has 8 atom stereocenters. The third-order valence-electron chi connectivity index (χ3n) is 10.7. The van der Waals surface area contributed by atoms with Gasteiger partial charge in [0.15, 0.2) is 0 Å². The molecular weight excluding hydrogens is 414 g/mol. The number of hydrazine groups is 1. The summed E-state index contributed by atoms with van der Waals surface area (Å²) in [6.07, 6.45) is 15.9. The lowest BCUT2D eigenvalue weighted by atomic mass is 9.45. The third-order valence-corrected chi connectivity index (χ3v) is 12.1. The number of amides is 1. The van der Waals surface area contributed by atoms with Crippen LogP contribution in [0.25, 0.3) is 0 Å². The van der Waals surface area contributed by atoms with Gasteiger partial charge in [0.2, 0.25) is 5.91 Å². The van der Waals surface area contributed by atoms with E-state index < -0.39 is 0 Å². The van der Waals surface area contributed by atoms with Crippen LogP contribution in [0.15, 0.2) is 0 Å². The number of hydrogen-bond acceptors (Lipinski definition) is 4. The third kappa shape index (κ3) is 4.52. The van der Waals surface area contributed by atoms with Gasteiger partial charge in [0.05, 0.1) is 11.9 Å². The number of nitrogens with one attached hydrogen (secondary N) is 2. The van der Waals surface area contributed by atoms with Crippen molar-refractivity contribution >= 4 is 17.7 Å². The molecule has 0 aromatic rings. The Bertz CT molecular complexity index is 684. The summed E-state index contributed by atoms with van der Waals surface area (Å²) in [6, 6.07) is 0. The van der Waals surface area contributed by atoms with Crippen LogP contribution in [0.2, 0.25) is 0 Å². The summed E-state index contributed by atoms with van der Waals surface area (Å²) in [5.74, 6) is 10.1. The van der Waals surface area contributed by atoms with Crippen molar-refractivity contribution < 1.29 is 4.79 Å². The Kier molecular flexibility index (Phi) is 7.31. The monoisotopic (exact) mass is 463 g/mol. The van der Waals surface area contributed by atoms with Crippen LogP contribution in [0, 0.1) is 40.4 Å². The van der Waals surface area contributed by atoms with Crippen molar-refractivity contribution in [2.45, 2.75) is 115 Å². The van der Waals surface area contributed by atoms with Crippen LogP contribution in [0.5, 0.6) is 0 Å². The Morgan fingerprint density at radius 2 is 1.78 bits per heavy atom. The summed E-state index contributed by atoms with van der Waals surface area (Å²) >= 11 is 1.84. The van der Waals surface area contributed by atoms with Gasteiger partial charge >= 0.3 is 0 Å². The van der Waals surface area contributed by atoms with Crippen LogP contribution < -0.4 is 16.6 Å². The highest BCUT2D eigenvalue weighted by molar-refractivity contribution is 8.01. The van der Waals surface area contributed by atoms with E-state index >= 15 is 0 Å². The van der Waals surface area contributed by atoms with Gasteiger partial charge in [0, 0.05) is 4.75 Å². The molecule has 32 heavy (non-hydrogen) atoms. The molecule has 4 nitrogen and oxygen atoms in total. The van der Waals surface area contributed by atoms with Gasteiger partial charge in [-0.3, -0.25) is 10.6 Å². The van der Waals surface area contributed by atoms with Crippen molar-refractivity contribution in [3.8, 4) is 0 Å². The molecule has 4 aliphatic carbocycles. The topological polar surface area (TPSA) is 67.2 Å². The van der Waals surface area contributed by atoms with Crippen LogP contribution in [0.3, 0.4) is 0 Å². The number of carbonyl (C=O) groups excluding carboxylic acids is 1. The van der Waals surface area contributed by atoms with Gasteiger partial charge in [0.25, 0.3) is 0 Å². The SMILES string of the molecule is CC(SC(C)(C)CC1CCC2C3CCC4CCCCC4(C)C3CCC12C)C(=O)NCNN. The lowest BCUT2D eigenvalue weighted by Gasteiger charge is -2.60. The standard InChI is InChI=1S/C27H49N3OS/c1-18(24(31)29-17-30-28)32-25(2,3)16-20-10-12-22-21-11-9-19-8-6-7-14-26(19,4)23(21)13-15-27(20,22)5/h18-23,30H,6-17,28H2,1-5H3,(H,29,31). The predicted octanol–water partition coefficient (Wildman–Crippen LogP) is 5.86. The minimum atomic E-state index is -0.0550. The fourth-order valence-corrected chi connectivity index (χ4v) is 10.6. The quantitative estimate of drug-likeness (QED) is 0.251. The Morgan fingerprint density at radius 1 is 1.03 bits per heavy atom. The van der Waals surface area contributed by atoms with Crippen LogP contribution in [-0.4, -0.2) is 22.6 Å². The van der Waals surface area contributed by atoms with Crippen LogP contribution in [0.1, 0.15) is 105 Å². The van der Waals surface area contributed by atoms with Crippen molar-refractivity contribution in [2.75, 3.05) is 6.67 Å². The molecule has 4 rings (SSSR count). The maximum atomic E-state index is 12.4. The molecule has 5 heteroatoms. The first kappa shape index (κ1) is 24.9. The van der Waals surface area contributed by atoms with Crippen LogP contribution >= 0.6 is 11.8 Å². The van der Waals surface area contributed by atoms with Gasteiger partial charge in [-0.15, -0.1) is 11.8 Å². The van der Waals surface area contributed by atoms with Crippen molar-refractivity contribution in [3.63, 3.8) is 0 Å². The molecule has 0 aliphatic heterocycles. The minimum Gasteiger partial charge on any atom is -0.341 e. The van der Waals surface area contributed by atoms with Gasteiger partial charge in [-0.1, -0.05) is 40.5 Å². The number of thioether (sulfide) groups is 1. The average molecular weight is 464 g/mol. The number of nitrogens with two attached hydrogens (primary N) is 1. The minimum absolute atomic E-state index is 0.0550. The lowest BCUT2D eigenvalue weighted by molar-refractivity contribution is -0.120. The molecule has 4 saturated carbocycles. The fraction of sp³-hybridized carbons (Fsp3) is 0.963. The van der Waals surface area contributed by atoms with Crippen LogP contribution in [-0.2, 0) is 4.79 Å². The molecule has 184 valence electrons. The second-order valence-corrected chi connectivity index (χ2v) is 14.9. The molecule has 4 aliphatic rings. The summed E-state index contributed by atoms with van der Waals surface area (Å²) in [5.41, 5.74) is 3.65. The fourth-order valence-electron chi connectivity index (χ4n) is 9.19. The van der Waals surface area contributed by atoms with Crippen molar-refractivity contribution in [3.05, 3.63) is 0 Å². The van der Waals surface area contributed by atoms with E-state index in [-0.39, 0.29) is 15.9 Å². The van der Waals surface area contributed by atoms with Crippen molar-refractivity contribution in [1.82, 2.24) is 10.7 Å². The number of hydrogen-bond donors (Lipinski definition) is 3. The Hall–Kier alpha value is -0.260. The molecule has 0 spiro atoms. The molecule has 0 radical (unpaired) electrons. The first-order valence-electron chi connectivity index (χ1n) is 13.5. The second kappa shape index (κ2) is 9.41. The Morgan fingerprint density at radius 3 is 2.53 bits per heavy atom. The molecule has 4 N–H and O–H groups in total. The van der Waals surface area contributed by atoms with Gasteiger partial charge in [-0.25, -0.2) is 5.43 Å². The van der Waals surface area contributed by atoms with E-state index in [9.17, 15) is 4.79 Å². The number of fused-ring (bicyclic) bond motifs is 5. The molecule has 8 unspecified atom stereocenters. The van der Waals surface area contributed by atoms with Crippen LogP contribution in [0.4, 0.5) is 0 Å². The largest absolute Gasteiger partial charge is 0.341 e. The number of rotatable bonds is 7. The maximum Gasteiger partial charge on any atom is 0.233 e.